The van der Waals surface area contributed by atoms with Gasteiger partial charge in [0.2, 0.25) is 0 Å². The van der Waals surface area contributed by atoms with Gasteiger partial charge in [-0.25, -0.2) is 0 Å². The topological polar surface area (TPSA) is 54.9 Å². The molecule has 0 saturated heterocycles. The summed E-state index contributed by atoms with van der Waals surface area (Å²) >= 11 is 0. The summed E-state index contributed by atoms with van der Waals surface area (Å²) in [6, 6.07) is 0. The van der Waals surface area contributed by atoms with Crippen molar-refractivity contribution in [2.45, 2.75) is 0 Å². The van der Waals surface area contributed by atoms with Crippen LogP contribution in [0.5, 0.6) is 0 Å². The maximum absolute atomic E-state index is 7.27. The molecule has 4 nitrogen and oxygen atoms in total. The van der Waals surface area contributed by atoms with Gasteiger partial charge in [0.1, 0.15) is 0 Å². The van der Waals surface area contributed by atoms with Crippen LogP contribution in [0, 0.1) is 0 Å². The minimum atomic E-state index is 1.26. The van der Waals surface area contributed by atoms with Crippen molar-refractivity contribution in [3.63, 3.8) is 0 Å². The predicted molar refractivity (Wildman–Crippen MR) is 12.4 cm³/mol. The summed E-state index contributed by atoms with van der Waals surface area (Å²) in [7, 11) is 1.26. The lowest BCUT2D eigenvalue weighted by molar-refractivity contribution is -0.172. The molecule has 29 valence electrons. The van der Waals surface area contributed by atoms with E-state index < -0.39 is 0 Å². The molecule has 0 heterocycles. The molecule has 0 saturated carbocycles. The molecule has 0 aromatic heterocycles. The van der Waals surface area contributed by atoms with E-state index >= 15 is 0 Å². The van der Waals surface area contributed by atoms with Gasteiger partial charge in [-0.3, -0.25) is 4.84 Å². The van der Waals surface area contributed by atoms with E-state index in [1.54, 1.807) is 0 Å². The smallest absolute Gasteiger partial charge is 0.0872 e. The van der Waals surface area contributed by atoms with Crippen LogP contribution in [0.25, 0.3) is 0 Å². The Bertz CT molecular complexity index is 15.1. The number of rotatable bonds is 2. The fourth-order valence-electron chi connectivity index (χ4n) is 0.0333. The fourth-order valence-corrected chi connectivity index (χ4v) is 0.0333. The molecular formula is CH3N2O2. The van der Waals surface area contributed by atoms with Gasteiger partial charge >= 0.3 is 0 Å². The molecule has 0 bridgehead atoms. The van der Waals surface area contributed by atoms with E-state index in [0.717, 1.165) is 0 Å². The van der Waals surface area contributed by atoms with Gasteiger partial charge in [-0.1, -0.05) is 0 Å². The average molecular weight is 75.0 g/mol. The zero-order valence-electron chi connectivity index (χ0n) is 2.71. The highest BCUT2D eigenvalue weighted by Crippen LogP contribution is 1.50. The maximum Gasteiger partial charge on any atom is 0.0872 e. The molecule has 0 atom stereocenters. The summed E-state index contributed by atoms with van der Waals surface area (Å²) in [5, 5.41) is 0. The lowest BCUT2D eigenvalue weighted by Crippen LogP contribution is -2.00. The molecule has 0 aliphatic rings. The lowest BCUT2D eigenvalue weighted by atomic mass is 11.7. The largest absolute Gasteiger partial charge is 0.259 e. The Balaban J connectivity index is 2.19. The first-order chi connectivity index (χ1) is 2.41. The fraction of sp³-hybridized carbons (Fsp3) is 1.00. The van der Waals surface area contributed by atoms with E-state index in [2.05, 4.69) is 15.4 Å². The summed E-state index contributed by atoms with van der Waals surface area (Å²) in [6.45, 7) is 0. The zero-order valence-corrected chi connectivity index (χ0v) is 2.71. The first kappa shape index (κ1) is 4.84. The Hall–Kier alpha value is -0.160. The molecule has 4 heteroatoms. The van der Waals surface area contributed by atoms with Crippen LogP contribution in [0.3, 0.4) is 0 Å². The molecule has 0 aliphatic carbocycles. The van der Waals surface area contributed by atoms with Gasteiger partial charge in [-0.2, -0.15) is 0 Å². The van der Waals surface area contributed by atoms with Crippen molar-refractivity contribution in [1.82, 2.24) is 11.5 Å². The van der Waals surface area contributed by atoms with Crippen LogP contribution in [0.1, 0.15) is 0 Å². The summed E-state index contributed by atoms with van der Waals surface area (Å²) in [6.07, 6.45) is 0. The summed E-state index contributed by atoms with van der Waals surface area (Å²) in [4.78, 5) is 6.94. The summed E-state index contributed by atoms with van der Waals surface area (Å²) in [5.74, 6) is 7.27. The Labute approximate surface area is 29.7 Å². The van der Waals surface area contributed by atoms with Crippen molar-refractivity contribution in [2.24, 2.45) is 0 Å². The van der Waals surface area contributed by atoms with Gasteiger partial charge in [0.05, 0.1) is 18.7 Å². The Kier molecular flexibility index (Phi) is 3.72. The Morgan fingerprint density at radius 3 is 2.40 bits per heavy atom. The van der Waals surface area contributed by atoms with E-state index in [0.29, 0.717) is 0 Å². The summed E-state index contributed by atoms with van der Waals surface area (Å²) in [5.41, 5.74) is 2.53. The second-order valence-corrected chi connectivity index (χ2v) is 0.339. The predicted octanol–water partition coefficient (Wildman–Crippen LogP) is -0.932. The van der Waals surface area contributed by atoms with Crippen LogP contribution in [0.4, 0.5) is 0 Å². The van der Waals surface area contributed by atoms with Crippen LogP contribution < -0.4 is 11.5 Å². The molecular weight excluding hydrogens is 72.0 g/mol. The van der Waals surface area contributed by atoms with Crippen LogP contribution in [0.2, 0.25) is 0 Å². The average Bonchev–Trinajstić information content (AvgIpc) is 1.41. The van der Waals surface area contributed by atoms with Gasteiger partial charge in [0, 0.05) is 0 Å². The molecule has 3 radical (unpaired) electrons. The molecule has 0 aromatic rings. The Morgan fingerprint density at radius 2 is 2.40 bits per heavy atom. The third-order valence-electron chi connectivity index (χ3n) is 0.108. The minimum absolute atomic E-state index is 1.26. The summed E-state index contributed by atoms with van der Waals surface area (Å²) < 4.78 is 0. The van der Waals surface area contributed by atoms with E-state index in [1.807, 2.05) is 0 Å². The van der Waals surface area contributed by atoms with Gasteiger partial charge in [0.15, 0.2) is 0 Å². The number of hydrogen-bond acceptors (Lipinski definition) is 2. The molecule has 0 N–H and O–H groups in total. The van der Waals surface area contributed by atoms with Crippen molar-refractivity contribution < 1.29 is 9.78 Å². The van der Waals surface area contributed by atoms with Crippen molar-refractivity contribution in [1.29, 1.82) is 0 Å². The van der Waals surface area contributed by atoms with Crippen molar-refractivity contribution in [3.8, 4) is 0 Å². The molecule has 0 amide bonds. The van der Waals surface area contributed by atoms with E-state index in [9.17, 15) is 0 Å². The zero-order chi connectivity index (χ0) is 4.12. The van der Waals surface area contributed by atoms with E-state index in [-0.39, 0.29) is 0 Å². The van der Waals surface area contributed by atoms with E-state index in [1.165, 1.54) is 7.11 Å². The SMILES string of the molecule is CO[N]O[N]. The first-order valence-electron chi connectivity index (χ1n) is 0.956. The third kappa shape index (κ3) is 3.84. The molecule has 0 rings (SSSR count). The standard InChI is InChI=1S/CH3N2O2/c1-4-3-5-2/h1H3. The molecule has 0 aromatic carbocycles. The molecule has 0 aliphatic heterocycles. The molecule has 0 fully saturated rings. The second kappa shape index (κ2) is 3.84. The van der Waals surface area contributed by atoms with Gasteiger partial charge < -0.3 is 0 Å². The van der Waals surface area contributed by atoms with Gasteiger partial charge in [0.25, 0.3) is 0 Å². The normalized spacial score (nSPS) is 8.40. The number of nitrogens with zero attached hydrogens (tertiary/aromatic N) is 2. The highest BCUT2D eigenvalue weighted by molar-refractivity contribution is 3.55. The van der Waals surface area contributed by atoms with Gasteiger partial charge in [-0.15, -0.1) is 4.94 Å². The quantitative estimate of drug-likeness (QED) is 0.398. The van der Waals surface area contributed by atoms with Crippen LogP contribution >= 0.6 is 0 Å². The highest BCUT2D eigenvalue weighted by atomic mass is 17.0. The number of hydrogen-bond donors (Lipinski definition) is 0. The van der Waals surface area contributed by atoms with Crippen molar-refractivity contribution in [3.05, 3.63) is 0 Å². The molecule has 5 heavy (non-hydrogen) atoms. The van der Waals surface area contributed by atoms with Gasteiger partial charge in [-0.05, 0) is 0 Å². The first-order valence-corrected chi connectivity index (χ1v) is 0.956. The highest BCUT2D eigenvalue weighted by Gasteiger charge is 1.69. The van der Waals surface area contributed by atoms with Crippen LogP contribution in [-0.2, 0) is 9.78 Å². The molecule has 0 spiro atoms. The Morgan fingerprint density at radius 1 is 1.80 bits per heavy atom. The maximum atomic E-state index is 7.27. The van der Waals surface area contributed by atoms with Crippen molar-refractivity contribution >= 4 is 0 Å². The second-order valence-electron chi connectivity index (χ2n) is 0.339. The lowest BCUT2D eigenvalue weighted by Gasteiger charge is -1.79. The minimum Gasteiger partial charge on any atom is -0.259 e. The molecule has 0 unspecified atom stereocenters. The van der Waals surface area contributed by atoms with Crippen LogP contribution in [0.15, 0.2) is 0 Å². The third-order valence-corrected chi connectivity index (χ3v) is 0.108. The van der Waals surface area contributed by atoms with Crippen molar-refractivity contribution in [2.75, 3.05) is 7.11 Å². The van der Waals surface area contributed by atoms with E-state index in [4.69, 9.17) is 5.90 Å². The van der Waals surface area contributed by atoms with Crippen LogP contribution in [-0.4, -0.2) is 7.11 Å². The monoisotopic (exact) mass is 75.0 g/mol.